The average molecular weight is 363 g/mol. The summed E-state index contributed by atoms with van der Waals surface area (Å²) in [6.07, 6.45) is 0.644. The van der Waals surface area contributed by atoms with Crippen LogP contribution < -0.4 is 5.32 Å². The molecule has 1 fully saturated rings. The fraction of sp³-hybridized carbons (Fsp3) is 0.235. The maximum absolute atomic E-state index is 13.4. The Morgan fingerprint density at radius 1 is 1.04 bits per heavy atom. The van der Waals surface area contributed by atoms with Crippen molar-refractivity contribution >= 4 is 21.4 Å². The van der Waals surface area contributed by atoms with E-state index in [9.17, 15) is 17.6 Å². The van der Waals surface area contributed by atoms with Gasteiger partial charge in [-0.2, -0.15) is 0 Å². The van der Waals surface area contributed by atoms with Crippen LogP contribution in [-0.2, 0) is 29.9 Å². The van der Waals surface area contributed by atoms with E-state index < -0.39 is 27.3 Å². The summed E-state index contributed by atoms with van der Waals surface area (Å²) in [7, 11) is -3.95. The first-order valence-electron chi connectivity index (χ1n) is 7.68. The number of hydrogen-bond acceptors (Lipinski definition) is 5. The van der Waals surface area contributed by atoms with Crippen LogP contribution in [0.3, 0.4) is 0 Å². The predicted molar refractivity (Wildman–Crippen MR) is 85.1 cm³/mol. The monoisotopic (exact) mass is 363 g/mol. The highest BCUT2D eigenvalue weighted by Crippen LogP contribution is 2.43. The Bertz CT molecular complexity index is 967. The molecule has 2 aromatic carbocycles. The molecule has 6 nitrogen and oxygen atoms in total. The van der Waals surface area contributed by atoms with Crippen molar-refractivity contribution in [3.63, 3.8) is 0 Å². The van der Waals surface area contributed by atoms with E-state index in [1.165, 1.54) is 36.4 Å². The van der Waals surface area contributed by atoms with Crippen LogP contribution in [0.25, 0.3) is 0 Å². The Hall–Kier alpha value is -2.29. The second-order valence-electron chi connectivity index (χ2n) is 5.79. The van der Waals surface area contributed by atoms with Crippen LogP contribution in [-0.4, -0.2) is 27.5 Å². The normalized spacial score (nSPS) is 18.8. The van der Waals surface area contributed by atoms with Crippen molar-refractivity contribution in [3.8, 4) is 0 Å². The highest BCUT2D eigenvalue weighted by atomic mass is 32.2. The number of halogens is 1. The summed E-state index contributed by atoms with van der Waals surface area (Å²) in [6, 6.07) is 8.96. The lowest BCUT2D eigenvalue weighted by molar-refractivity contribution is -0.255. The molecule has 0 saturated carbocycles. The molecule has 0 radical (unpaired) electrons. The molecule has 0 aliphatic carbocycles. The lowest BCUT2D eigenvalue weighted by Gasteiger charge is -2.31. The van der Waals surface area contributed by atoms with Crippen LogP contribution in [0.1, 0.15) is 12.0 Å². The van der Waals surface area contributed by atoms with Crippen LogP contribution in [0.2, 0.25) is 0 Å². The number of sulfone groups is 1. The molecule has 25 heavy (non-hydrogen) atoms. The van der Waals surface area contributed by atoms with Crippen LogP contribution in [0.15, 0.2) is 52.3 Å². The van der Waals surface area contributed by atoms with Crippen molar-refractivity contribution in [2.24, 2.45) is 0 Å². The number of hydrogen-bond donors (Lipinski definition) is 1. The van der Waals surface area contributed by atoms with Gasteiger partial charge in [-0.1, -0.05) is 6.07 Å². The number of ether oxygens (including phenoxy) is 2. The Balaban J connectivity index is 1.83. The van der Waals surface area contributed by atoms with Gasteiger partial charge in [-0.05, 0) is 42.8 Å². The standard InChI is InChI=1S/C17H14FNO5S/c18-11-3-1-4-12(9-11)25(21,22)13-5-6-15-14(10-13)17(16(20)19-15)23-7-2-8-24-17/h1,3-6,9-10H,2,7-8H2,(H,19,20). The summed E-state index contributed by atoms with van der Waals surface area (Å²) in [4.78, 5) is 12.1. The Labute approximate surface area is 143 Å². The lowest BCUT2D eigenvalue weighted by Crippen LogP contribution is -2.43. The molecule has 0 unspecified atom stereocenters. The van der Waals surface area contributed by atoms with E-state index in [2.05, 4.69) is 5.32 Å². The van der Waals surface area contributed by atoms with Crippen molar-refractivity contribution in [3.05, 3.63) is 53.8 Å². The molecule has 1 spiro atoms. The van der Waals surface area contributed by atoms with Gasteiger partial charge in [-0.25, -0.2) is 12.8 Å². The first kappa shape index (κ1) is 16.2. The fourth-order valence-corrected chi connectivity index (χ4v) is 4.31. The molecule has 2 aliphatic heterocycles. The summed E-state index contributed by atoms with van der Waals surface area (Å²) in [5.74, 6) is -2.75. The van der Waals surface area contributed by atoms with Gasteiger partial charge in [0.15, 0.2) is 0 Å². The van der Waals surface area contributed by atoms with Crippen molar-refractivity contribution in [2.45, 2.75) is 22.0 Å². The zero-order valence-corrected chi connectivity index (χ0v) is 13.8. The van der Waals surface area contributed by atoms with Gasteiger partial charge >= 0.3 is 0 Å². The zero-order chi connectivity index (χ0) is 17.7. The summed E-state index contributed by atoms with van der Waals surface area (Å²) < 4.78 is 50.1. The highest BCUT2D eigenvalue weighted by molar-refractivity contribution is 7.91. The van der Waals surface area contributed by atoms with Crippen LogP contribution in [0, 0.1) is 5.82 Å². The molecule has 1 saturated heterocycles. The Morgan fingerprint density at radius 2 is 1.76 bits per heavy atom. The number of carbonyl (C=O) groups excluding carboxylic acids is 1. The van der Waals surface area contributed by atoms with E-state index in [-0.39, 0.29) is 9.79 Å². The first-order chi connectivity index (χ1) is 11.9. The maximum Gasteiger partial charge on any atom is 0.289 e. The SMILES string of the molecule is O=C1Nc2ccc(S(=O)(=O)c3cccc(F)c3)cc2C12OCCCO2. The maximum atomic E-state index is 13.4. The Kier molecular flexibility index (Phi) is 3.64. The van der Waals surface area contributed by atoms with Gasteiger partial charge in [0.05, 0.1) is 28.7 Å². The number of amides is 1. The molecule has 130 valence electrons. The Morgan fingerprint density at radius 3 is 2.48 bits per heavy atom. The van der Waals surface area contributed by atoms with Crippen molar-refractivity contribution in [1.29, 1.82) is 0 Å². The molecule has 0 atom stereocenters. The number of fused-ring (bicyclic) bond motifs is 2. The van der Waals surface area contributed by atoms with Crippen molar-refractivity contribution in [2.75, 3.05) is 18.5 Å². The average Bonchev–Trinajstić information content (AvgIpc) is 2.87. The largest absolute Gasteiger partial charge is 0.338 e. The summed E-state index contributed by atoms with van der Waals surface area (Å²) in [6.45, 7) is 0.654. The van der Waals surface area contributed by atoms with Crippen molar-refractivity contribution < 1.29 is 27.1 Å². The van der Waals surface area contributed by atoms with Gasteiger partial charge in [0.1, 0.15) is 5.82 Å². The zero-order valence-electron chi connectivity index (χ0n) is 13.0. The second kappa shape index (κ2) is 5.62. The van der Waals surface area contributed by atoms with Gasteiger partial charge in [-0.15, -0.1) is 0 Å². The third-order valence-electron chi connectivity index (χ3n) is 4.21. The molecule has 8 heteroatoms. The third kappa shape index (κ3) is 2.45. The summed E-state index contributed by atoms with van der Waals surface area (Å²) >= 11 is 0. The number of carbonyl (C=O) groups is 1. The topological polar surface area (TPSA) is 81.7 Å². The van der Waals surface area contributed by atoms with Crippen molar-refractivity contribution in [1.82, 2.24) is 0 Å². The van der Waals surface area contributed by atoms with Gasteiger partial charge in [-0.3, -0.25) is 4.79 Å². The van der Waals surface area contributed by atoms with Gasteiger partial charge in [0, 0.05) is 5.56 Å². The van der Waals surface area contributed by atoms with Gasteiger partial charge < -0.3 is 14.8 Å². The highest BCUT2D eigenvalue weighted by Gasteiger charge is 2.51. The molecule has 1 N–H and O–H groups in total. The van der Waals surface area contributed by atoms with Crippen LogP contribution in [0.5, 0.6) is 0 Å². The molecule has 0 aromatic heterocycles. The molecule has 2 aliphatic rings. The minimum atomic E-state index is -3.95. The summed E-state index contributed by atoms with van der Waals surface area (Å²) in [5, 5.41) is 2.64. The quantitative estimate of drug-likeness (QED) is 0.885. The molecule has 2 aromatic rings. The van der Waals surface area contributed by atoms with Gasteiger partial charge in [0.25, 0.3) is 11.7 Å². The molecule has 2 heterocycles. The van der Waals surface area contributed by atoms with E-state index in [0.717, 1.165) is 6.07 Å². The van der Waals surface area contributed by atoms with E-state index in [0.29, 0.717) is 30.9 Å². The van der Waals surface area contributed by atoms with Gasteiger partial charge in [0.2, 0.25) is 9.84 Å². The molecular weight excluding hydrogens is 349 g/mol. The minimum absolute atomic E-state index is 0.0644. The number of rotatable bonds is 2. The molecule has 1 amide bonds. The second-order valence-corrected chi connectivity index (χ2v) is 7.74. The number of nitrogens with one attached hydrogen (secondary N) is 1. The number of anilines is 1. The predicted octanol–water partition coefficient (Wildman–Crippen LogP) is 2.20. The fourth-order valence-electron chi connectivity index (χ4n) is 2.99. The molecule has 0 bridgehead atoms. The van der Waals surface area contributed by atoms with Crippen LogP contribution in [0.4, 0.5) is 10.1 Å². The summed E-state index contributed by atoms with van der Waals surface area (Å²) in [5.41, 5.74) is 0.750. The number of benzene rings is 2. The third-order valence-corrected chi connectivity index (χ3v) is 5.96. The lowest BCUT2D eigenvalue weighted by atomic mass is 10.1. The minimum Gasteiger partial charge on any atom is -0.338 e. The van der Waals surface area contributed by atoms with E-state index in [1.807, 2.05) is 0 Å². The van der Waals surface area contributed by atoms with E-state index in [1.54, 1.807) is 0 Å². The smallest absolute Gasteiger partial charge is 0.289 e. The molecule has 4 rings (SSSR count). The van der Waals surface area contributed by atoms with E-state index in [4.69, 9.17) is 9.47 Å². The van der Waals surface area contributed by atoms with Crippen LogP contribution >= 0.6 is 0 Å². The molecular formula is C17H14FNO5S. The first-order valence-corrected chi connectivity index (χ1v) is 9.16. The van der Waals surface area contributed by atoms with E-state index >= 15 is 0 Å².